The minimum Gasteiger partial charge on any atom is -0.345 e. The average Bonchev–Trinajstić information content (AvgIpc) is 3.38. The number of hydrogen-bond acceptors (Lipinski definition) is 4. The third kappa shape index (κ3) is 3.27. The second-order valence-corrected chi connectivity index (χ2v) is 9.70. The fourth-order valence-corrected chi connectivity index (χ4v) is 5.01. The number of hydrogen-bond donors (Lipinski definition) is 1. The van der Waals surface area contributed by atoms with Crippen LogP contribution in [0.1, 0.15) is 29.0 Å². The molecule has 0 atom stereocenters. The van der Waals surface area contributed by atoms with Gasteiger partial charge in [0, 0.05) is 18.1 Å². The highest BCUT2D eigenvalue weighted by Crippen LogP contribution is 2.37. The highest BCUT2D eigenvalue weighted by molar-refractivity contribution is 7.89. The standard InChI is InChI=1S/C22H22N4O3S/c1-30(28,29)26-20(22(27)24-13-16-6-4-5-11-23-16)12-19-21(26)17-7-2-3-8-18(17)25(19)14-15-9-10-15/h2-8,11-12,15H,9-10,13-14H2,1H3,(H,24,27). The van der Waals surface area contributed by atoms with Crippen molar-refractivity contribution in [3.05, 3.63) is 66.1 Å². The van der Waals surface area contributed by atoms with Crippen LogP contribution in [0.15, 0.2) is 54.7 Å². The third-order valence-corrected chi connectivity index (χ3v) is 6.58. The monoisotopic (exact) mass is 422 g/mol. The van der Waals surface area contributed by atoms with E-state index in [0.29, 0.717) is 17.1 Å². The van der Waals surface area contributed by atoms with Crippen LogP contribution < -0.4 is 5.32 Å². The summed E-state index contributed by atoms with van der Waals surface area (Å²) in [6, 6.07) is 14.9. The predicted molar refractivity (Wildman–Crippen MR) is 116 cm³/mol. The lowest BCUT2D eigenvalue weighted by Crippen LogP contribution is -2.27. The van der Waals surface area contributed by atoms with E-state index in [4.69, 9.17) is 0 Å². The molecule has 3 aromatic heterocycles. The Kier molecular flexibility index (Phi) is 4.39. The van der Waals surface area contributed by atoms with Crippen LogP contribution in [0.5, 0.6) is 0 Å². The summed E-state index contributed by atoms with van der Waals surface area (Å²) in [6.45, 7) is 1.05. The molecule has 0 saturated heterocycles. The van der Waals surface area contributed by atoms with Gasteiger partial charge in [-0.15, -0.1) is 0 Å². The molecule has 0 spiro atoms. The van der Waals surface area contributed by atoms with Crippen LogP contribution in [-0.4, -0.2) is 34.1 Å². The van der Waals surface area contributed by atoms with Gasteiger partial charge in [-0.05, 0) is 43.0 Å². The Hall–Kier alpha value is -3.13. The number of fused-ring (bicyclic) bond motifs is 3. The fourth-order valence-electron chi connectivity index (χ4n) is 3.99. The number of nitrogens with one attached hydrogen (secondary N) is 1. The molecule has 5 rings (SSSR count). The third-order valence-electron chi connectivity index (χ3n) is 5.54. The summed E-state index contributed by atoms with van der Waals surface area (Å²) in [6.07, 6.45) is 5.15. The second-order valence-electron chi connectivity index (χ2n) is 7.87. The Morgan fingerprint density at radius 3 is 2.60 bits per heavy atom. The largest absolute Gasteiger partial charge is 0.345 e. The minimum atomic E-state index is -3.71. The molecular formula is C22H22N4O3S. The van der Waals surface area contributed by atoms with Gasteiger partial charge in [-0.1, -0.05) is 24.3 Å². The van der Waals surface area contributed by atoms with E-state index < -0.39 is 15.9 Å². The molecule has 1 aliphatic carbocycles. The summed E-state index contributed by atoms with van der Waals surface area (Å²) in [5, 5.41) is 3.64. The topological polar surface area (TPSA) is 86.0 Å². The van der Waals surface area contributed by atoms with E-state index in [9.17, 15) is 13.2 Å². The SMILES string of the molecule is CS(=O)(=O)n1c(C(=O)NCc2ccccn2)cc2c1c1ccccc1n2CC1CC1. The van der Waals surface area contributed by atoms with Crippen molar-refractivity contribution in [3.8, 4) is 0 Å². The van der Waals surface area contributed by atoms with Crippen molar-refractivity contribution in [1.29, 1.82) is 0 Å². The fraction of sp³-hybridized carbons (Fsp3) is 0.273. The summed E-state index contributed by atoms with van der Waals surface area (Å²) in [7, 11) is -3.71. The van der Waals surface area contributed by atoms with Gasteiger partial charge in [0.1, 0.15) is 5.69 Å². The van der Waals surface area contributed by atoms with E-state index in [1.54, 1.807) is 18.3 Å². The summed E-state index contributed by atoms with van der Waals surface area (Å²) in [5.41, 5.74) is 3.16. The molecule has 30 heavy (non-hydrogen) atoms. The van der Waals surface area contributed by atoms with Crippen LogP contribution in [0.25, 0.3) is 21.9 Å². The van der Waals surface area contributed by atoms with Crippen molar-refractivity contribution in [2.45, 2.75) is 25.9 Å². The quantitative estimate of drug-likeness (QED) is 0.517. The first kappa shape index (κ1) is 18.9. The lowest BCUT2D eigenvalue weighted by atomic mass is 10.2. The molecule has 4 aromatic rings. The molecule has 7 nitrogen and oxygen atoms in total. The maximum atomic E-state index is 13.0. The molecular weight excluding hydrogens is 400 g/mol. The highest BCUT2D eigenvalue weighted by Gasteiger charge is 2.29. The van der Waals surface area contributed by atoms with Crippen molar-refractivity contribution in [1.82, 2.24) is 18.8 Å². The average molecular weight is 423 g/mol. The molecule has 1 fully saturated rings. The number of carbonyl (C=O) groups excluding carboxylic acids is 1. The van der Waals surface area contributed by atoms with Gasteiger partial charge in [0.15, 0.2) is 0 Å². The minimum absolute atomic E-state index is 0.119. The van der Waals surface area contributed by atoms with Crippen molar-refractivity contribution >= 4 is 37.9 Å². The summed E-state index contributed by atoms with van der Waals surface area (Å²) in [5.74, 6) is 0.163. The molecule has 0 aliphatic heterocycles. The molecule has 1 N–H and O–H groups in total. The molecule has 1 aliphatic rings. The number of rotatable bonds is 6. The number of aromatic nitrogens is 3. The van der Waals surface area contributed by atoms with Crippen LogP contribution >= 0.6 is 0 Å². The number of benzene rings is 1. The van der Waals surface area contributed by atoms with Crippen molar-refractivity contribution in [2.24, 2.45) is 5.92 Å². The number of pyridine rings is 1. The van der Waals surface area contributed by atoms with E-state index >= 15 is 0 Å². The molecule has 1 aromatic carbocycles. The Balaban J connectivity index is 1.65. The van der Waals surface area contributed by atoms with E-state index in [1.807, 2.05) is 36.4 Å². The van der Waals surface area contributed by atoms with Gasteiger partial charge in [-0.2, -0.15) is 0 Å². The Morgan fingerprint density at radius 2 is 1.90 bits per heavy atom. The normalized spacial score (nSPS) is 14.4. The Morgan fingerprint density at radius 1 is 1.13 bits per heavy atom. The van der Waals surface area contributed by atoms with E-state index in [2.05, 4.69) is 14.9 Å². The van der Waals surface area contributed by atoms with Crippen molar-refractivity contribution in [3.63, 3.8) is 0 Å². The summed E-state index contributed by atoms with van der Waals surface area (Å²) < 4.78 is 28.8. The van der Waals surface area contributed by atoms with Crippen LogP contribution in [0.4, 0.5) is 0 Å². The van der Waals surface area contributed by atoms with Gasteiger partial charge in [0.05, 0.1) is 35.0 Å². The first-order valence-electron chi connectivity index (χ1n) is 9.95. The molecule has 8 heteroatoms. The van der Waals surface area contributed by atoms with Gasteiger partial charge in [-0.25, -0.2) is 12.4 Å². The number of carbonyl (C=O) groups is 1. The van der Waals surface area contributed by atoms with Crippen molar-refractivity contribution < 1.29 is 13.2 Å². The van der Waals surface area contributed by atoms with Gasteiger partial charge in [0.2, 0.25) is 10.0 Å². The van der Waals surface area contributed by atoms with Crippen LogP contribution in [0.2, 0.25) is 0 Å². The summed E-state index contributed by atoms with van der Waals surface area (Å²) >= 11 is 0. The smallest absolute Gasteiger partial charge is 0.269 e. The zero-order valence-corrected chi connectivity index (χ0v) is 17.4. The number of nitrogens with zero attached hydrogens (tertiary/aromatic N) is 3. The zero-order valence-electron chi connectivity index (χ0n) is 16.6. The van der Waals surface area contributed by atoms with Crippen LogP contribution in [0.3, 0.4) is 0 Å². The first-order valence-corrected chi connectivity index (χ1v) is 11.8. The maximum absolute atomic E-state index is 13.0. The van der Waals surface area contributed by atoms with Gasteiger partial charge in [0.25, 0.3) is 5.91 Å². The Labute approximate surface area is 174 Å². The number of amides is 1. The molecule has 0 unspecified atom stereocenters. The van der Waals surface area contributed by atoms with Gasteiger partial charge < -0.3 is 9.88 Å². The van der Waals surface area contributed by atoms with Gasteiger partial charge >= 0.3 is 0 Å². The molecule has 0 radical (unpaired) electrons. The van der Waals surface area contributed by atoms with Crippen molar-refractivity contribution in [2.75, 3.05) is 6.26 Å². The van der Waals surface area contributed by atoms with E-state index in [1.165, 1.54) is 16.8 Å². The molecule has 154 valence electrons. The second kappa shape index (κ2) is 6.98. The molecule has 3 heterocycles. The highest BCUT2D eigenvalue weighted by atomic mass is 32.2. The molecule has 1 saturated carbocycles. The van der Waals surface area contributed by atoms with Gasteiger partial charge in [-0.3, -0.25) is 9.78 Å². The first-order chi connectivity index (χ1) is 14.4. The van der Waals surface area contributed by atoms with E-state index in [0.717, 1.165) is 29.2 Å². The Bertz CT molecular complexity index is 1370. The lowest BCUT2D eigenvalue weighted by Gasteiger charge is -2.09. The molecule has 0 bridgehead atoms. The van der Waals surface area contributed by atoms with E-state index in [-0.39, 0.29) is 12.2 Å². The van der Waals surface area contributed by atoms with Crippen LogP contribution in [0, 0.1) is 5.92 Å². The maximum Gasteiger partial charge on any atom is 0.269 e. The summed E-state index contributed by atoms with van der Waals surface area (Å²) in [4.78, 5) is 17.2. The number of para-hydroxylation sites is 1. The zero-order chi connectivity index (χ0) is 20.9. The van der Waals surface area contributed by atoms with Crippen LogP contribution in [-0.2, 0) is 23.1 Å². The predicted octanol–water partition coefficient (Wildman–Crippen LogP) is 3.14. The lowest BCUT2D eigenvalue weighted by molar-refractivity contribution is 0.0944. The molecule has 1 amide bonds.